The van der Waals surface area contributed by atoms with Crippen LogP contribution < -0.4 is 11.1 Å². The van der Waals surface area contributed by atoms with Crippen LogP contribution in [0.5, 0.6) is 0 Å². The Bertz CT molecular complexity index is 486. The fourth-order valence-electron chi connectivity index (χ4n) is 1.16. The lowest BCUT2D eigenvalue weighted by Crippen LogP contribution is -2.28. The third-order valence-electron chi connectivity index (χ3n) is 2.02. The number of nitrogens with zero attached hydrogens (tertiary/aromatic N) is 1. The van der Waals surface area contributed by atoms with E-state index in [-0.39, 0.29) is 12.2 Å². The van der Waals surface area contributed by atoms with Crippen LogP contribution in [0.1, 0.15) is 22.5 Å². The molecule has 1 amide bonds. The van der Waals surface area contributed by atoms with E-state index < -0.39 is 25.0 Å². The molecular formula is C12H12F3N3O. The second-order valence-corrected chi connectivity index (χ2v) is 3.56. The predicted octanol–water partition coefficient (Wildman–Crippen LogP) is 1.07. The van der Waals surface area contributed by atoms with Crippen molar-refractivity contribution < 1.29 is 18.0 Å². The smallest absolute Gasteiger partial charge is 0.350 e. The van der Waals surface area contributed by atoms with Crippen molar-refractivity contribution in [2.75, 3.05) is 13.1 Å². The molecule has 1 aromatic rings. The van der Waals surface area contributed by atoms with Crippen LogP contribution in [0.3, 0.4) is 0 Å². The van der Waals surface area contributed by atoms with Crippen molar-refractivity contribution in [1.82, 2.24) is 10.3 Å². The maximum absolute atomic E-state index is 11.9. The molecule has 1 aromatic heterocycles. The number of aromatic nitrogens is 1. The number of hydrogen-bond acceptors (Lipinski definition) is 3. The molecule has 0 atom stereocenters. The highest BCUT2D eigenvalue weighted by Crippen LogP contribution is 2.18. The highest BCUT2D eigenvalue weighted by molar-refractivity contribution is 5.92. The van der Waals surface area contributed by atoms with Crippen molar-refractivity contribution in [2.45, 2.75) is 12.6 Å². The van der Waals surface area contributed by atoms with Gasteiger partial charge in [0.15, 0.2) is 0 Å². The van der Waals surface area contributed by atoms with Crippen molar-refractivity contribution >= 4 is 5.91 Å². The summed E-state index contributed by atoms with van der Waals surface area (Å²) in [6.07, 6.45) is -4.00. The van der Waals surface area contributed by atoms with Crippen LogP contribution in [0.2, 0.25) is 0 Å². The van der Waals surface area contributed by atoms with Gasteiger partial charge in [0.1, 0.15) is 5.69 Å². The lowest BCUT2D eigenvalue weighted by atomic mass is 10.2. The number of halogens is 3. The van der Waals surface area contributed by atoms with Gasteiger partial charge in [0.25, 0.3) is 5.91 Å². The Morgan fingerprint density at radius 2 is 2.16 bits per heavy atom. The van der Waals surface area contributed by atoms with Gasteiger partial charge < -0.3 is 11.1 Å². The van der Waals surface area contributed by atoms with E-state index >= 15 is 0 Å². The van der Waals surface area contributed by atoms with Crippen LogP contribution in [0.4, 0.5) is 13.2 Å². The van der Waals surface area contributed by atoms with E-state index in [0.717, 1.165) is 0 Å². The Labute approximate surface area is 108 Å². The topological polar surface area (TPSA) is 68.0 Å². The Morgan fingerprint density at radius 3 is 2.68 bits per heavy atom. The van der Waals surface area contributed by atoms with Gasteiger partial charge >= 0.3 is 6.18 Å². The zero-order valence-corrected chi connectivity index (χ0v) is 9.92. The van der Waals surface area contributed by atoms with Crippen LogP contribution in [-0.4, -0.2) is 30.2 Å². The second kappa shape index (κ2) is 6.75. The number of rotatable bonds is 3. The molecule has 1 heterocycles. The average molecular weight is 271 g/mol. The highest BCUT2D eigenvalue weighted by Gasteiger charge is 2.26. The zero-order chi connectivity index (χ0) is 14.3. The van der Waals surface area contributed by atoms with Crippen molar-refractivity contribution in [3.05, 3.63) is 29.6 Å². The number of nitrogens with two attached hydrogens (primary N) is 1. The average Bonchev–Trinajstić information content (AvgIpc) is 2.35. The number of alkyl halides is 3. The van der Waals surface area contributed by atoms with Gasteiger partial charge in [-0.15, -0.1) is 0 Å². The van der Waals surface area contributed by atoms with Gasteiger partial charge in [-0.1, -0.05) is 11.8 Å². The SMILES string of the molecule is NCC#Cc1ccc(C(=O)NCCC(F)(F)F)nc1. The maximum Gasteiger partial charge on any atom is 0.390 e. The van der Waals surface area contributed by atoms with Gasteiger partial charge in [-0.05, 0) is 12.1 Å². The fourth-order valence-corrected chi connectivity index (χ4v) is 1.16. The Balaban J connectivity index is 2.54. The summed E-state index contributed by atoms with van der Waals surface area (Å²) in [4.78, 5) is 15.3. The molecule has 1 rings (SSSR count). The van der Waals surface area contributed by atoms with E-state index in [2.05, 4.69) is 22.1 Å². The molecule has 0 unspecified atom stereocenters. The first-order chi connectivity index (χ1) is 8.92. The minimum atomic E-state index is -4.29. The summed E-state index contributed by atoms with van der Waals surface area (Å²) < 4.78 is 35.7. The van der Waals surface area contributed by atoms with Crippen LogP contribution >= 0.6 is 0 Å². The van der Waals surface area contributed by atoms with Gasteiger partial charge in [-0.3, -0.25) is 4.79 Å². The molecule has 3 N–H and O–H groups in total. The van der Waals surface area contributed by atoms with Gasteiger partial charge in [-0.2, -0.15) is 13.2 Å². The number of pyridine rings is 1. The van der Waals surface area contributed by atoms with Gasteiger partial charge in [0.05, 0.1) is 13.0 Å². The number of amides is 1. The molecule has 0 fully saturated rings. The van der Waals surface area contributed by atoms with Crippen LogP contribution in [0.15, 0.2) is 18.3 Å². The van der Waals surface area contributed by atoms with Crippen LogP contribution in [-0.2, 0) is 0 Å². The monoisotopic (exact) mass is 271 g/mol. The summed E-state index contributed by atoms with van der Waals surface area (Å²) in [5.41, 5.74) is 5.82. The largest absolute Gasteiger partial charge is 0.390 e. The van der Waals surface area contributed by atoms with E-state index in [1.807, 2.05) is 0 Å². The predicted molar refractivity (Wildman–Crippen MR) is 63.2 cm³/mol. The highest BCUT2D eigenvalue weighted by atomic mass is 19.4. The standard InChI is InChI=1S/C12H12F3N3O/c13-12(14,15)5-7-17-11(19)10-4-3-9(8-18-10)2-1-6-16/h3-4,8H,5-7,16H2,(H,17,19). The normalized spacial score (nSPS) is 10.5. The van der Waals surface area contributed by atoms with Crippen molar-refractivity contribution in [3.63, 3.8) is 0 Å². The third-order valence-corrected chi connectivity index (χ3v) is 2.02. The van der Waals surface area contributed by atoms with Crippen molar-refractivity contribution in [2.24, 2.45) is 5.73 Å². The van der Waals surface area contributed by atoms with E-state index in [9.17, 15) is 18.0 Å². The van der Waals surface area contributed by atoms with Crippen LogP contribution in [0, 0.1) is 11.8 Å². The van der Waals surface area contributed by atoms with Gasteiger partial charge in [0.2, 0.25) is 0 Å². The summed E-state index contributed by atoms with van der Waals surface area (Å²) in [6.45, 7) is -0.265. The lowest BCUT2D eigenvalue weighted by Gasteiger charge is -2.07. The first-order valence-corrected chi connectivity index (χ1v) is 5.42. The van der Waals surface area contributed by atoms with Gasteiger partial charge in [-0.25, -0.2) is 4.98 Å². The zero-order valence-electron chi connectivity index (χ0n) is 9.92. The van der Waals surface area contributed by atoms with Crippen molar-refractivity contribution in [3.8, 4) is 11.8 Å². The Morgan fingerprint density at radius 1 is 1.42 bits per heavy atom. The Hall–Kier alpha value is -2.07. The molecule has 0 aliphatic carbocycles. The Kier molecular flexibility index (Phi) is 5.33. The summed E-state index contributed by atoms with van der Waals surface area (Å²) >= 11 is 0. The minimum absolute atomic E-state index is 0.0421. The lowest BCUT2D eigenvalue weighted by molar-refractivity contribution is -0.132. The van der Waals surface area contributed by atoms with Gasteiger partial charge in [0, 0.05) is 18.3 Å². The van der Waals surface area contributed by atoms with Crippen molar-refractivity contribution in [1.29, 1.82) is 0 Å². The second-order valence-electron chi connectivity index (χ2n) is 3.56. The summed E-state index contributed by atoms with van der Waals surface area (Å²) in [7, 11) is 0. The summed E-state index contributed by atoms with van der Waals surface area (Å²) in [6, 6.07) is 2.94. The van der Waals surface area contributed by atoms with Crippen LogP contribution in [0.25, 0.3) is 0 Å². The molecule has 19 heavy (non-hydrogen) atoms. The fraction of sp³-hybridized carbons (Fsp3) is 0.333. The third kappa shape index (κ3) is 5.88. The van der Waals surface area contributed by atoms with E-state index in [0.29, 0.717) is 5.56 Å². The summed E-state index contributed by atoms with van der Waals surface area (Å²) in [5.74, 6) is 4.68. The molecule has 0 aromatic carbocycles. The molecule has 0 radical (unpaired) electrons. The molecule has 4 nitrogen and oxygen atoms in total. The number of carbonyl (C=O) groups excluding carboxylic acids is 1. The molecule has 0 bridgehead atoms. The number of carbonyl (C=O) groups is 1. The molecule has 0 aliphatic rings. The molecule has 0 aliphatic heterocycles. The first-order valence-electron chi connectivity index (χ1n) is 5.42. The molecule has 7 heteroatoms. The quantitative estimate of drug-likeness (QED) is 0.808. The molecular weight excluding hydrogens is 259 g/mol. The molecule has 0 spiro atoms. The minimum Gasteiger partial charge on any atom is -0.350 e. The van der Waals surface area contributed by atoms with E-state index in [1.165, 1.54) is 12.3 Å². The summed E-state index contributed by atoms with van der Waals surface area (Å²) in [5, 5.41) is 2.14. The van der Waals surface area contributed by atoms with E-state index in [1.54, 1.807) is 6.07 Å². The maximum atomic E-state index is 11.9. The molecule has 0 saturated heterocycles. The number of hydrogen-bond donors (Lipinski definition) is 2. The number of nitrogens with one attached hydrogen (secondary N) is 1. The molecule has 102 valence electrons. The first kappa shape index (κ1) is 15.0. The van der Waals surface area contributed by atoms with E-state index in [4.69, 9.17) is 5.73 Å². The molecule has 0 saturated carbocycles.